The van der Waals surface area contributed by atoms with E-state index < -0.39 is 0 Å². The lowest BCUT2D eigenvalue weighted by molar-refractivity contribution is 0.325. The number of rotatable bonds is 9. The first kappa shape index (κ1) is 19.0. The number of benzene rings is 1. The molecule has 0 aliphatic heterocycles. The highest BCUT2D eigenvalue weighted by molar-refractivity contribution is 5.55. The highest BCUT2D eigenvalue weighted by Crippen LogP contribution is 2.28. The van der Waals surface area contributed by atoms with Crippen molar-refractivity contribution in [2.75, 3.05) is 20.3 Å². The first-order valence-corrected chi connectivity index (χ1v) is 7.94. The first-order valence-electron chi connectivity index (χ1n) is 7.94. The van der Waals surface area contributed by atoms with E-state index in [0.29, 0.717) is 12.4 Å². The normalized spacial score (nSPS) is 11.6. The van der Waals surface area contributed by atoms with Gasteiger partial charge in [-0.05, 0) is 57.4 Å². The van der Waals surface area contributed by atoms with E-state index in [-0.39, 0.29) is 6.61 Å². The lowest BCUT2D eigenvalue weighted by Gasteiger charge is -2.10. The molecule has 1 aromatic rings. The Bertz CT molecular complexity index is 564. The van der Waals surface area contributed by atoms with Gasteiger partial charge in [0, 0.05) is 0 Å². The Balaban J connectivity index is 2.60. The maximum absolute atomic E-state index is 8.82. The predicted octanol–water partition coefficient (Wildman–Crippen LogP) is 4.77. The molecule has 1 rings (SSSR count). The standard InChI is InChI=1S/C20H28O3/c1-16(2)7-5-8-17(3)12-14-23-19-11-10-18(9-6-13-21)15-20(19)22-4/h6-7,9-12,15,21H,5,8,13-14H2,1-4H3/b9-6+,17-12-. The molecule has 0 spiro atoms. The molecule has 0 saturated heterocycles. The van der Waals surface area contributed by atoms with Crippen LogP contribution in [0.4, 0.5) is 0 Å². The molecule has 0 aromatic heterocycles. The average Bonchev–Trinajstić information content (AvgIpc) is 2.53. The van der Waals surface area contributed by atoms with Gasteiger partial charge >= 0.3 is 0 Å². The van der Waals surface area contributed by atoms with Crippen LogP contribution in [0.15, 0.2) is 47.6 Å². The minimum atomic E-state index is 0.0252. The Labute approximate surface area is 139 Å². The van der Waals surface area contributed by atoms with E-state index >= 15 is 0 Å². The molecule has 0 unspecified atom stereocenters. The average molecular weight is 316 g/mol. The summed E-state index contributed by atoms with van der Waals surface area (Å²) in [5, 5.41) is 8.82. The van der Waals surface area contributed by atoms with Crippen molar-refractivity contribution in [3.8, 4) is 11.5 Å². The van der Waals surface area contributed by atoms with Gasteiger partial charge < -0.3 is 14.6 Å². The van der Waals surface area contributed by atoms with Crippen LogP contribution in [-0.4, -0.2) is 25.4 Å². The minimum absolute atomic E-state index is 0.0252. The molecule has 23 heavy (non-hydrogen) atoms. The van der Waals surface area contributed by atoms with Gasteiger partial charge in [-0.15, -0.1) is 0 Å². The first-order chi connectivity index (χ1) is 11.1. The molecule has 0 amide bonds. The van der Waals surface area contributed by atoms with Crippen LogP contribution in [0, 0.1) is 0 Å². The molecule has 0 bridgehead atoms. The monoisotopic (exact) mass is 316 g/mol. The SMILES string of the molecule is COc1cc(/C=C/CO)ccc1OC/C=C(/C)CCC=C(C)C. The molecule has 0 aliphatic carbocycles. The molecule has 0 heterocycles. The number of aliphatic hydroxyl groups excluding tert-OH is 1. The number of methoxy groups -OCH3 is 1. The summed E-state index contributed by atoms with van der Waals surface area (Å²) in [7, 11) is 1.63. The van der Waals surface area contributed by atoms with Gasteiger partial charge in [-0.25, -0.2) is 0 Å². The smallest absolute Gasteiger partial charge is 0.161 e. The van der Waals surface area contributed by atoms with E-state index in [9.17, 15) is 0 Å². The molecule has 0 fully saturated rings. The number of aliphatic hydroxyl groups is 1. The van der Waals surface area contributed by atoms with E-state index in [1.54, 1.807) is 13.2 Å². The predicted molar refractivity (Wildman–Crippen MR) is 97.0 cm³/mol. The number of hydrogen-bond donors (Lipinski definition) is 1. The highest BCUT2D eigenvalue weighted by Gasteiger charge is 2.04. The van der Waals surface area contributed by atoms with E-state index in [4.69, 9.17) is 14.6 Å². The van der Waals surface area contributed by atoms with Crippen molar-refractivity contribution in [1.29, 1.82) is 0 Å². The summed E-state index contributed by atoms with van der Waals surface area (Å²) in [6.07, 6.45) is 10.0. The van der Waals surface area contributed by atoms with Crippen LogP contribution in [0.2, 0.25) is 0 Å². The summed E-state index contributed by atoms with van der Waals surface area (Å²) in [4.78, 5) is 0. The summed E-state index contributed by atoms with van der Waals surface area (Å²) in [6.45, 7) is 6.92. The zero-order valence-electron chi connectivity index (χ0n) is 14.6. The van der Waals surface area contributed by atoms with Crippen molar-refractivity contribution < 1.29 is 14.6 Å². The fraction of sp³-hybridized carbons (Fsp3) is 0.400. The summed E-state index contributed by atoms with van der Waals surface area (Å²) in [5.74, 6) is 1.42. The van der Waals surface area contributed by atoms with Gasteiger partial charge in [-0.3, -0.25) is 0 Å². The molecule has 1 aromatic carbocycles. The van der Waals surface area contributed by atoms with Crippen LogP contribution in [0.1, 0.15) is 39.2 Å². The summed E-state index contributed by atoms with van der Waals surface area (Å²) in [6, 6.07) is 5.73. The maximum atomic E-state index is 8.82. The van der Waals surface area contributed by atoms with Crippen molar-refractivity contribution in [3.05, 3.63) is 53.1 Å². The highest BCUT2D eigenvalue weighted by atomic mass is 16.5. The van der Waals surface area contributed by atoms with E-state index in [2.05, 4.69) is 32.9 Å². The molecular weight excluding hydrogens is 288 g/mol. The molecular formula is C20H28O3. The number of allylic oxidation sites excluding steroid dienone is 3. The molecule has 0 radical (unpaired) electrons. The van der Waals surface area contributed by atoms with Crippen molar-refractivity contribution in [3.63, 3.8) is 0 Å². The van der Waals surface area contributed by atoms with Gasteiger partial charge in [0.05, 0.1) is 13.7 Å². The fourth-order valence-corrected chi connectivity index (χ4v) is 2.06. The van der Waals surface area contributed by atoms with Crippen molar-refractivity contribution in [2.45, 2.75) is 33.6 Å². The van der Waals surface area contributed by atoms with Crippen LogP contribution >= 0.6 is 0 Å². The Morgan fingerprint density at radius 1 is 1.13 bits per heavy atom. The number of hydrogen-bond acceptors (Lipinski definition) is 3. The Morgan fingerprint density at radius 2 is 1.91 bits per heavy atom. The molecule has 0 atom stereocenters. The quantitative estimate of drug-likeness (QED) is 0.667. The Hall–Kier alpha value is -2.00. The molecule has 1 N–H and O–H groups in total. The maximum Gasteiger partial charge on any atom is 0.161 e. The topological polar surface area (TPSA) is 38.7 Å². The second-order valence-electron chi connectivity index (χ2n) is 5.68. The van der Waals surface area contributed by atoms with Gasteiger partial charge in [-0.1, -0.05) is 35.4 Å². The zero-order valence-corrected chi connectivity index (χ0v) is 14.6. The van der Waals surface area contributed by atoms with Crippen LogP contribution in [0.3, 0.4) is 0 Å². The van der Waals surface area contributed by atoms with Gasteiger partial charge in [0.15, 0.2) is 11.5 Å². The Morgan fingerprint density at radius 3 is 2.57 bits per heavy atom. The van der Waals surface area contributed by atoms with Crippen molar-refractivity contribution >= 4 is 6.08 Å². The second-order valence-corrected chi connectivity index (χ2v) is 5.68. The summed E-state index contributed by atoms with van der Waals surface area (Å²) >= 11 is 0. The third-order valence-corrected chi connectivity index (χ3v) is 3.37. The van der Waals surface area contributed by atoms with Crippen LogP contribution in [-0.2, 0) is 0 Å². The fourth-order valence-electron chi connectivity index (χ4n) is 2.06. The molecule has 0 aliphatic rings. The minimum Gasteiger partial charge on any atom is -0.493 e. The summed E-state index contributed by atoms with van der Waals surface area (Å²) < 4.78 is 11.2. The van der Waals surface area contributed by atoms with E-state index in [1.165, 1.54) is 11.1 Å². The Kier molecular flexibility index (Phi) is 8.85. The van der Waals surface area contributed by atoms with Crippen LogP contribution in [0.5, 0.6) is 11.5 Å². The third kappa shape index (κ3) is 7.71. The van der Waals surface area contributed by atoms with Crippen LogP contribution < -0.4 is 9.47 Å². The number of ether oxygens (including phenoxy) is 2. The zero-order chi connectivity index (χ0) is 17.1. The molecule has 126 valence electrons. The molecule has 3 nitrogen and oxygen atoms in total. The third-order valence-electron chi connectivity index (χ3n) is 3.37. The van der Waals surface area contributed by atoms with Gasteiger partial charge in [-0.2, -0.15) is 0 Å². The molecule has 3 heteroatoms. The van der Waals surface area contributed by atoms with E-state index in [1.807, 2.05) is 24.3 Å². The van der Waals surface area contributed by atoms with Gasteiger partial charge in [0.25, 0.3) is 0 Å². The van der Waals surface area contributed by atoms with Crippen LogP contribution in [0.25, 0.3) is 6.08 Å². The second kappa shape index (κ2) is 10.7. The summed E-state index contributed by atoms with van der Waals surface area (Å²) in [5.41, 5.74) is 3.65. The lowest BCUT2D eigenvalue weighted by atomic mass is 10.1. The van der Waals surface area contributed by atoms with E-state index in [0.717, 1.165) is 24.2 Å². The van der Waals surface area contributed by atoms with Crippen molar-refractivity contribution in [2.24, 2.45) is 0 Å². The lowest BCUT2D eigenvalue weighted by Crippen LogP contribution is -1.98. The van der Waals surface area contributed by atoms with Gasteiger partial charge in [0.1, 0.15) is 6.61 Å². The van der Waals surface area contributed by atoms with Crippen molar-refractivity contribution in [1.82, 2.24) is 0 Å². The largest absolute Gasteiger partial charge is 0.493 e. The van der Waals surface area contributed by atoms with Gasteiger partial charge in [0.2, 0.25) is 0 Å². The molecule has 0 saturated carbocycles.